The van der Waals surface area contributed by atoms with Gasteiger partial charge < -0.3 is 14.8 Å². The van der Waals surface area contributed by atoms with Gasteiger partial charge in [-0.15, -0.1) is 0 Å². The predicted molar refractivity (Wildman–Crippen MR) is 149 cm³/mol. The fraction of sp³-hybridized carbons (Fsp3) is 0.484. The van der Waals surface area contributed by atoms with Gasteiger partial charge in [-0.2, -0.15) is 0 Å². The van der Waals surface area contributed by atoms with Gasteiger partial charge in [-0.3, -0.25) is 4.98 Å². The van der Waals surface area contributed by atoms with Crippen molar-refractivity contribution in [1.29, 1.82) is 0 Å². The minimum absolute atomic E-state index is 0.338. The van der Waals surface area contributed by atoms with E-state index in [0.29, 0.717) is 19.1 Å². The number of carbonyl (C=O) groups is 1. The highest BCUT2D eigenvalue weighted by Crippen LogP contribution is 2.36. The smallest absolute Gasteiger partial charge is 0.407 e. The number of carbonyl (C=O) groups excluding carboxylic acids is 1. The number of amides is 1. The molecule has 1 aromatic heterocycles. The molecule has 2 aromatic carbocycles. The van der Waals surface area contributed by atoms with E-state index in [1.165, 1.54) is 5.56 Å². The van der Waals surface area contributed by atoms with Crippen LogP contribution in [0.1, 0.15) is 77.6 Å². The molecule has 3 rings (SSSR count). The van der Waals surface area contributed by atoms with Crippen molar-refractivity contribution in [3.05, 3.63) is 59.3 Å². The van der Waals surface area contributed by atoms with Gasteiger partial charge in [0.2, 0.25) is 0 Å². The zero-order valence-electron chi connectivity index (χ0n) is 23.0. The van der Waals surface area contributed by atoms with Crippen LogP contribution in [0.5, 0.6) is 5.75 Å². The van der Waals surface area contributed by atoms with Crippen molar-refractivity contribution in [2.24, 2.45) is 5.92 Å². The number of nitrogens with one attached hydrogen (secondary N) is 1. The van der Waals surface area contributed by atoms with E-state index in [9.17, 15) is 4.79 Å². The molecule has 0 unspecified atom stereocenters. The third kappa shape index (κ3) is 7.71. The lowest BCUT2D eigenvalue weighted by Gasteiger charge is -2.22. The molecule has 0 saturated carbocycles. The van der Waals surface area contributed by atoms with Gasteiger partial charge in [0.1, 0.15) is 11.4 Å². The number of alkyl carbamates (subject to hydrolysis) is 1. The molecule has 1 amide bonds. The number of ether oxygens (including phenoxy) is 2. The zero-order valence-corrected chi connectivity index (χ0v) is 23.0. The molecule has 5 heteroatoms. The molecule has 0 atom stereocenters. The molecular weight excluding hydrogens is 448 g/mol. The van der Waals surface area contributed by atoms with Gasteiger partial charge in [-0.05, 0) is 75.8 Å². The summed E-state index contributed by atoms with van der Waals surface area (Å²) >= 11 is 0. The Labute approximate surface area is 216 Å². The molecule has 0 bridgehead atoms. The van der Waals surface area contributed by atoms with Crippen LogP contribution < -0.4 is 10.1 Å². The maximum Gasteiger partial charge on any atom is 0.407 e. The number of rotatable bonds is 10. The second kappa shape index (κ2) is 12.2. The van der Waals surface area contributed by atoms with E-state index in [4.69, 9.17) is 14.5 Å². The van der Waals surface area contributed by atoms with Crippen LogP contribution >= 0.6 is 0 Å². The number of pyridine rings is 1. The van der Waals surface area contributed by atoms with E-state index in [-0.39, 0.29) is 0 Å². The van der Waals surface area contributed by atoms with Gasteiger partial charge in [0.25, 0.3) is 0 Å². The number of nitrogens with zero attached hydrogens (tertiary/aromatic N) is 1. The number of hydrogen-bond acceptors (Lipinski definition) is 4. The molecule has 0 saturated heterocycles. The quantitative estimate of drug-likeness (QED) is 0.292. The molecule has 0 aliphatic carbocycles. The molecule has 36 heavy (non-hydrogen) atoms. The Kier molecular flexibility index (Phi) is 9.36. The normalized spacial score (nSPS) is 11.7. The van der Waals surface area contributed by atoms with E-state index in [0.717, 1.165) is 64.7 Å². The van der Waals surface area contributed by atoms with Crippen LogP contribution in [0.3, 0.4) is 0 Å². The number of unbranched alkanes of at least 4 members (excludes halogenated alkanes) is 2. The summed E-state index contributed by atoms with van der Waals surface area (Å²) in [5, 5.41) is 4.01. The Morgan fingerprint density at radius 2 is 1.78 bits per heavy atom. The highest BCUT2D eigenvalue weighted by Gasteiger charge is 2.21. The molecule has 0 aliphatic rings. The molecule has 0 radical (unpaired) electrons. The summed E-state index contributed by atoms with van der Waals surface area (Å²) in [6, 6.07) is 14.7. The Morgan fingerprint density at radius 1 is 1.06 bits per heavy atom. The van der Waals surface area contributed by atoms with Crippen LogP contribution in [0.4, 0.5) is 4.79 Å². The lowest BCUT2D eigenvalue weighted by Crippen LogP contribution is -2.32. The summed E-state index contributed by atoms with van der Waals surface area (Å²) in [4.78, 5) is 17.6. The Morgan fingerprint density at radius 3 is 2.42 bits per heavy atom. The summed E-state index contributed by atoms with van der Waals surface area (Å²) in [5.74, 6) is 1.26. The molecular formula is C31H42N2O3. The Bertz CT molecular complexity index is 1160. The maximum atomic E-state index is 12.6. The van der Waals surface area contributed by atoms with Crippen LogP contribution in [0.25, 0.3) is 22.0 Å². The van der Waals surface area contributed by atoms with Gasteiger partial charge in [-0.25, -0.2) is 4.79 Å². The van der Waals surface area contributed by atoms with Gasteiger partial charge >= 0.3 is 6.09 Å². The van der Waals surface area contributed by atoms with Crippen LogP contribution in [-0.4, -0.2) is 23.3 Å². The van der Waals surface area contributed by atoms with Crippen molar-refractivity contribution >= 4 is 17.0 Å². The average Bonchev–Trinajstić information content (AvgIpc) is 2.79. The van der Waals surface area contributed by atoms with E-state index >= 15 is 0 Å². The minimum atomic E-state index is -0.559. The second-order valence-electron chi connectivity index (χ2n) is 11.0. The number of aryl methyl sites for hydroxylation is 1. The molecule has 5 nitrogen and oxygen atoms in total. The van der Waals surface area contributed by atoms with Gasteiger partial charge in [-0.1, -0.05) is 63.4 Å². The summed E-state index contributed by atoms with van der Waals surface area (Å²) in [6.45, 7) is 15.3. The summed E-state index contributed by atoms with van der Waals surface area (Å²) < 4.78 is 11.6. The zero-order chi connectivity index (χ0) is 26.3. The lowest BCUT2D eigenvalue weighted by molar-refractivity contribution is 0.0523. The standard InChI is InChI=1S/C31H42N2O3/c1-8-9-10-17-35-24-15-16-27-25(19-24)29(23-13-11-22(4)12-14-23)26(28(33-27)18-21(2)3)20-32-30(34)36-31(5,6)7/h11-16,19,21H,8-10,17-18,20H2,1-7H3,(H,32,34). The van der Waals surface area contributed by atoms with Gasteiger partial charge in [0.05, 0.1) is 12.1 Å². The van der Waals surface area contributed by atoms with Gasteiger partial charge in [0, 0.05) is 23.2 Å². The number of hydrogen-bond donors (Lipinski definition) is 1. The van der Waals surface area contributed by atoms with Crippen LogP contribution in [0.2, 0.25) is 0 Å². The van der Waals surface area contributed by atoms with Crippen molar-refractivity contribution < 1.29 is 14.3 Å². The van der Waals surface area contributed by atoms with Crippen LogP contribution in [-0.2, 0) is 17.7 Å². The summed E-state index contributed by atoms with van der Waals surface area (Å²) in [6.07, 6.45) is 3.74. The molecule has 0 fully saturated rings. The van der Waals surface area contributed by atoms with Gasteiger partial charge in [0.15, 0.2) is 0 Å². The molecule has 3 aromatic rings. The van der Waals surface area contributed by atoms with Crippen molar-refractivity contribution in [2.75, 3.05) is 6.61 Å². The molecule has 0 aliphatic heterocycles. The van der Waals surface area contributed by atoms with E-state index in [1.54, 1.807) is 0 Å². The SMILES string of the molecule is CCCCCOc1ccc2nc(CC(C)C)c(CNC(=O)OC(C)(C)C)c(-c3ccc(C)cc3)c2c1. The maximum absolute atomic E-state index is 12.6. The first-order chi connectivity index (χ1) is 17.1. The number of aromatic nitrogens is 1. The van der Waals surface area contributed by atoms with Crippen LogP contribution in [0.15, 0.2) is 42.5 Å². The first-order valence-electron chi connectivity index (χ1n) is 13.2. The number of benzene rings is 2. The highest BCUT2D eigenvalue weighted by atomic mass is 16.6. The Balaban J connectivity index is 2.13. The first-order valence-corrected chi connectivity index (χ1v) is 13.2. The second-order valence-corrected chi connectivity index (χ2v) is 11.0. The highest BCUT2D eigenvalue weighted by molar-refractivity contribution is 5.97. The molecule has 1 heterocycles. The van der Waals surface area contributed by atoms with Crippen molar-refractivity contribution in [1.82, 2.24) is 10.3 Å². The predicted octanol–water partition coefficient (Wildman–Crippen LogP) is 8.00. The minimum Gasteiger partial charge on any atom is -0.494 e. The fourth-order valence-corrected chi connectivity index (χ4v) is 4.24. The fourth-order valence-electron chi connectivity index (χ4n) is 4.24. The summed E-state index contributed by atoms with van der Waals surface area (Å²) in [7, 11) is 0. The first kappa shape index (κ1) is 27.5. The molecule has 0 spiro atoms. The lowest BCUT2D eigenvalue weighted by atomic mass is 9.91. The monoisotopic (exact) mass is 490 g/mol. The van der Waals surface area contributed by atoms with E-state index < -0.39 is 11.7 Å². The molecule has 194 valence electrons. The van der Waals surface area contributed by atoms with Crippen molar-refractivity contribution in [3.8, 4) is 16.9 Å². The Hall–Kier alpha value is -3.08. The largest absolute Gasteiger partial charge is 0.494 e. The summed E-state index contributed by atoms with van der Waals surface area (Å²) in [5.41, 5.74) is 5.79. The molecule has 1 N–H and O–H groups in total. The van der Waals surface area contributed by atoms with E-state index in [2.05, 4.69) is 69.4 Å². The average molecular weight is 491 g/mol. The number of fused-ring (bicyclic) bond motifs is 1. The van der Waals surface area contributed by atoms with E-state index in [1.807, 2.05) is 26.8 Å². The topological polar surface area (TPSA) is 60.5 Å². The van der Waals surface area contributed by atoms with Crippen LogP contribution in [0, 0.1) is 12.8 Å². The van der Waals surface area contributed by atoms with Crippen molar-refractivity contribution in [2.45, 2.75) is 86.3 Å². The third-order valence-corrected chi connectivity index (χ3v) is 5.91. The van der Waals surface area contributed by atoms with Crippen molar-refractivity contribution in [3.63, 3.8) is 0 Å². The third-order valence-electron chi connectivity index (χ3n) is 5.91.